The second-order valence-electron chi connectivity index (χ2n) is 5.55. The fourth-order valence-electron chi connectivity index (χ4n) is 2.52. The molecule has 0 bridgehead atoms. The van der Waals surface area contributed by atoms with Gasteiger partial charge in [0.2, 0.25) is 0 Å². The number of halogens is 2. The van der Waals surface area contributed by atoms with Gasteiger partial charge in [-0.1, -0.05) is 18.2 Å². The molecule has 1 heterocycles. The number of hydrogen-bond acceptors (Lipinski definition) is 2. The first-order valence-electron chi connectivity index (χ1n) is 7.57. The van der Waals surface area contributed by atoms with Crippen LogP contribution in [0.4, 0.5) is 20.6 Å². The average Bonchev–Trinajstić information content (AvgIpc) is 2.90. The van der Waals surface area contributed by atoms with Crippen LogP contribution >= 0.6 is 15.9 Å². The van der Waals surface area contributed by atoms with E-state index in [1.54, 1.807) is 29.1 Å². The first kappa shape index (κ1) is 17.2. The van der Waals surface area contributed by atoms with Crippen LogP contribution in [-0.2, 0) is 7.05 Å². The Morgan fingerprint density at radius 1 is 1.20 bits per heavy atom. The van der Waals surface area contributed by atoms with Crippen LogP contribution in [0.5, 0.6) is 0 Å². The van der Waals surface area contributed by atoms with E-state index in [1.807, 2.05) is 26.1 Å². The lowest BCUT2D eigenvalue weighted by Gasteiger charge is -2.12. The van der Waals surface area contributed by atoms with Crippen molar-refractivity contribution in [3.8, 4) is 11.3 Å². The summed E-state index contributed by atoms with van der Waals surface area (Å²) in [6.07, 6.45) is 1.72. The van der Waals surface area contributed by atoms with E-state index < -0.39 is 11.8 Å². The number of para-hydroxylation sites is 1. The molecule has 2 N–H and O–H groups in total. The normalized spacial score (nSPS) is 10.6. The van der Waals surface area contributed by atoms with Gasteiger partial charge in [-0.25, -0.2) is 9.18 Å². The van der Waals surface area contributed by atoms with Crippen LogP contribution in [0.15, 0.2) is 53.1 Å². The van der Waals surface area contributed by atoms with Gasteiger partial charge in [0.05, 0.1) is 22.1 Å². The molecule has 5 nitrogen and oxygen atoms in total. The van der Waals surface area contributed by atoms with Gasteiger partial charge in [0.25, 0.3) is 0 Å². The fourth-order valence-corrected chi connectivity index (χ4v) is 3.08. The van der Waals surface area contributed by atoms with Crippen molar-refractivity contribution in [3.05, 3.63) is 64.5 Å². The number of nitrogens with one attached hydrogen (secondary N) is 2. The van der Waals surface area contributed by atoms with Crippen molar-refractivity contribution < 1.29 is 9.18 Å². The Kier molecular flexibility index (Phi) is 4.85. The summed E-state index contributed by atoms with van der Waals surface area (Å²) in [7, 11) is 1.85. The molecular weight excluding hydrogens is 387 g/mol. The number of nitrogens with zero attached hydrogens (tertiary/aromatic N) is 2. The Morgan fingerprint density at radius 3 is 2.64 bits per heavy atom. The highest BCUT2D eigenvalue weighted by molar-refractivity contribution is 9.10. The van der Waals surface area contributed by atoms with E-state index in [4.69, 9.17) is 0 Å². The van der Waals surface area contributed by atoms with Gasteiger partial charge in [0.1, 0.15) is 5.82 Å². The molecule has 128 valence electrons. The second-order valence-corrected chi connectivity index (χ2v) is 6.41. The maximum absolute atomic E-state index is 13.6. The van der Waals surface area contributed by atoms with Gasteiger partial charge in [-0.15, -0.1) is 0 Å². The number of benzene rings is 2. The molecule has 0 unspecified atom stereocenters. The molecule has 0 saturated heterocycles. The largest absolute Gasteiger partial charge is 0.323 e. The zero-order valence-corrected chi connectivity index (χ0v) is 15.3. The Morgan fingerprint density at radius 2 is 1.96 bits per heavy atom. The summed E-state index contributed by atoms with van der Waals surface area (Å²) in [5, 5.41) is 9.44. The van der Waals surface area contributed by atoms with Crippen LogP contribution in [-0.4, -0.2) is 15.8 Å². The predicted molar refractivity (Wildman–Crippen MR) is 100 cm³/mol. The molecule has 0 fully saturated rings. The molecule has 3 aromatic rings. The van der Waals surface area contributed by atoms with Gasteiger partial charge in [0.15, 0.2) is 0 Å². The Labute approximate surface area is 153 Å². The minimum atomic E-state index is -0.510. The average molecular weight is 403 g/mol. The molecule has 2 amide bonds. The van der Waals surface area contributed by atoms with Crippen LogP contribution in [0.3, 0.4) is 0 Å². The molecule has 0 atom stereocenters. The Hall–Kier alpha value is -2.67. The number of carbonyl (C=O) groups is 1. The van der Waals surface area contributed by atoms with E-state index in [0.717, 1.165) is 21.3 Å². The zero-order valence-electron chi connectivity index (χ0n) is 13.7. The number of urea groups is 1. The monoisotopic (exact) mass is 402 g/mol. The number of rotatable bonds is 3. The zero-order chi connectivity index (χ0) is 18.0. The Balaban J connectivity index is 1.83. The summed E-state index contributed by atoms with van der Waals surface area (Å²) in [5.74, 6) is -0.485. The van der Waals surface area contributed by atoms with Gasteiger partial charge in [-0.05, 0) is 52.7 Å². The summed E-state index contributed by atoms with van der Waals surface area (Å²) in [5.41, 5.74) is 3.62. The number of aryl methyl sites for hydroxylation is 2. The topological polar surface area (TPSA) is 59.0 Å². The first-order chi connectivity index (χ1) is 12.0. The molecule has 25 heavy (non-hydrogen) atoms. The maximum Gasteiger partial charge on any atom is 0.323 e. The van der Waals surface area contributed by atoms with Crippen molar-refractivity contribution in [3.63, 3.8) is 0 Å². The summed E-state index contributed by atoms with van der Waals surface area (Å²) >= 11 is 3.49. The van der Waals surface area contributed by atoms with Crippen LogP contribution in [0.1, 0.15) is 5.56 Å². The Bertz CT molecular complexity index is 919. The molecule has 3 rings (SSSR count). The summed E-state index contributed by atoms with van der Waals surface area (Å²) < 4.78 is 16.2. The smallest absolute Gasteiger partial charge is 0.308 e. The van der Waals surface area contributed by atoms with Gasteiger partial charge < -0.3 is 10.6 Å². The third kappa shape index (κ3) is 3.71. The van der Waals surface area contributed by atoms with E-state index in [1.165, 1.54) is 12.1 Å². The number of aromatic nitrogens is 2. The molecule has 7 heteroatoms. The lowest BCUT2D eigenvalue weighted by Crippen LogP contribution is -2.20. The third-order valence-electron chi connectivity index (χ3n) is 3.77. The number of hydrogen-bond donors (Lipinski definition) is 2. The lowest BCUT2D eigenvalue weighted by molar-refractivity contribution is 0.262. The molecule has 0 saturated carbocycles. The van der Waals surface area contributed by atoms with Crippen molar-refractivity contribution in [2.24, 2.45) is 7.05 Å². The van der Waals surface area contributed by atoms with E-state index >= 15 is 0 Å². The quantitative estimate of drug-likeness (QED) is 0.651. The van der Waals surface area contributed by atoms with E-state index in [-0.39, 0.29) is 5.69 Å². The number of carbonyl (C=O) groups excluding carboxylic acids is 1. The van der Waals surface area contributed by atoms with Gasteiger partial charge in [-0.2, -0.15) is 5.10 Å². The summed E-state index contributed by atoms with van der Waals surface area (Å²) in [6, 6.07) is 11.1. The maximum atomic E-state index is 13.6. The SMILES string of the molecule is Cc1ccc(NC(=O)Nc2ccccc2F)cc1-c1c(Br)cnn1C. The minimum Gasteiger partial charge on any atom is -0.308 e. The molecule has 0 aliphatic carbocycles. The fraction of sp³-hybridized carbons (Fsp3) is 0.111. The molecule has 0 spiro atoms. The highest BCUT2D eigenvalue weighted by Gasteiger charge is 2.13. The van der Waals surface area contributed by atoms with Gasteiger partial charge in [-0.3, -0.25) is 4.68 Å². The van der Waals surface area contributed by atoms with Crippen molar-refractivity contribution >= 4 is 33.3 Å². The van der Waals surface area contributed by atoms with Crippen LogP contribution in [0.2, 0.25) is 0 Å². The minimum absolute atomic E-state index is 0.127. The van der Waals surface area contributed by atoms with E-state index in [9.17, 15) is 9.18 Å². The van der Waals surface area contributed by atoms with Crippen molar-refractivity contribution in [1.82, 2.24) is 9.78 Å². The molecule has 2 aromatic carbocycles. The summed E-state index contributed by atoms with van der Waals surface area (Å²) in [6.45, 7) is 1.98. The molecule has 0 aliphatic rings. The summed E-state index contributed by atoms with van der Waals surface area (Å²) in [4.78, 5) is 12.1. The standard InChI is InChI=1S/C18H16BrFN4O/c1-11-7-8-12(9-13(11)17-14(19)10-21-24(17)2)22-18(25)23-16-6-4-3-5-15(16)20/h3-10H,1-2H3,(H2,22,23,25). The molecule has 0 aliphatic heterocycles. The van der Waals surface area contributed by atoms with Crippen molar-refractivity contribution in [2.45, 2.75) is 6.92 Å². The predicted octanol–water partition coefficient (Wildman–Crippen LogP) is 4.94. The lowest BCUT2D eigenvalue weighted by atomic mass is 10.0. The van der Waals surface area contributed by atoms with E-state index in [0.29, 0.717) is 5.69 Å². The molecule has 0 radical (unpaired) electrons. The van der Waals surface area contributed by atoms with E-state index in [2.05, 4.69) is 31.7 Å². The van der Waals surface area contributed by atoms with Gasteiger partial charge >= 0.3 is 6.03 Å². The highest BCUT2D eigenvalue weighted by Crippen LogP contribution is 2.32. The molecular formula is C18H16BrFN4O. The third-order valence-corrected chi connectivity index (χ3v) is 4.35. The van der Waals surface area contributed by atoms with Crippen LogP contribution < -0.4 is 10.6 Å². The number of anilines is 2. The van der Waals surface area contributed by atoms with Gasteiger partial charge in [0, 0.05) is 18.3 Å². The first-order valence-corrected chi connectivity index (χ1v) is 8.36. The van der Waals surface area contributed by atoms with Crippen LogP contribution in [0.25, 0.3) is 11.3 Å². The van der Waals surface area contributed by atoms with Crippen LogP contribution in [0, 0.1) is 12.7 Å². The van der Waals surface area contributed by atoms with Crippen molar-refractivity contribution in [1.29, 1.82) is 0 Å². The highest BCUT2D eigenvalue weighted by atomic mass is 79.9. The second kappa shape index (κ2) is 7.06. The van der Waals surface area contributed by atoms with Crippen molar-refractivity contribution in [2.75, 3.05) is 10.6 Å². The number of amides is 2. The molecule has 1 aromatic heterocycles.